The van der Waals surface area contributed by atoms with Crippen molar-refractivity contribution in [3.63, 3.8) is 0 Å². The smallest absolute Gasteiger partial charge is 0.410 e. The molecule has 3 amide bonds. The second-order valence-corrected chi connectivity index (χ2v) is 10.6. The largest absolute Gasteiger partial charge is 0.450 e. The number of primary amides is 1. The molecule has 0 atom stereocenters. The zero-order valence-electron chi connectivity index (χ0n) is 17.8. The van der Waals surface area contributed by atoms with E-state index in [1.54, 1.807) is 30.9 Å². The number of anilines is 1. The third-order valence-corrected chi connectivity index (χ3v) is 7.99. The van der Waals surface area contributed by atoms with Gasteiger partial charge in [0.2, 0.25) is 5.91 Å². The molecule has 9 nitrogen and oxygen atoms in total. The Kier molecular flexibility index (Phi) is 7.19. The summed E-state index contributed by atoms with van der Waals surface area (Å²) >= 11 is 1.22. The van der Waals surface area contributed by atoms with Crippen molar-refractivity contribution in [1.82, 2.24) is 4.90 Å². The van der Waals surface area contributed by atoms with Gasteiger partial charge in [-0.3, -0.25) is 9.59 Å². The number of sulfone groups is 1. The lowest BCUT2D eigenvalue weighted by Gasteiger charge is -2.26. The van der Waals surface area contributed by atoms with Crippen LogP contribution in [0, 0.1) is 0 Å². The Hall–Kier alpha value is -2.92. The molecule has 1 aliphatic rings. The van der Waals surface area contributed by atoms with Gasteiger partial charge in [-0.25, -0.2) is 13.2 Å². The quantitative estimate of drug-likeness (QED) is 0.626. The van der Waals surface area contributed by atoms with E-state index < -0.39 is 21.8 Å². The van der Waals surface area contributed by atoms with Crippen molar-refractivity contribution in [3.05, 3.63) is 45.8 Å². The van der Waals surface area contributed by atoms with Gasteiger partial charge in [-0.2, -0.15) is 0 Å². The minimum atomic E-state index is -3.31. The monoisotopic (exact) mass is 479 g/mol. The highest BCUT2D eigenvalue weighted by molar-refractivity contribution is 7.91. The summed E-state index contributed by atoms with van der Waals surface area (Å²) in [6.45, 7) is 4.24. The fraction of sp³-hybridized carbons (Fsp3) is 0.381. The van der Waals surface area contributed by atoms with E-state index in [9.17, 15) is 22.8 Å². The molecule has 0 spiro atoms. The minimum Gasteiger partial charge on any atom is -0.450 e. The second-order valence-electron chi connectivity index (χ2n) is 7.21. The molecule has 1 aromatic heterocycles. The van der Waals surface area contributed by atoms with Crippen LogP contribution in [0.25, 0.3) is 0 Å². The maximum absolute atomic E-state index is 12.6. The van der Waals surface area contributed by atoms with Crippen LogP contribution in [0.4, 0.5) is 9.80 Å². The molecule has 0 unspecified atom stereocenters. The number of rotatable bonds is 7. The Labute approximate surface area is 190 Å². The summed E-state index contributed by atoms with van der Waals surface area (Å²) < 4.78 is 28.9. The van der Waals surface area contributed by atoms with Gasteiger partial charge in [0.15, 0.2) is 9.84 Å². The number of nitrogens with two attached hydrogens (primary N) is 1. The lowest BCUT2D eigenvalue weighted by atomic mass is 10.0. The molecule has 0 radical (unpaired) electrons. The first-order valence-corrected chi connectivity index (χ1v) is 12.6. The van der Waals surface area contributed by atoms with Crippen LogP contribution in [0.1, 0.15) is 40.2 Å². The van der Waals surface area contributed by atoms with Crippen LogP contribution < -0.4 is 11.1 Å². The average Bonchev–Trinajstić information content (AvgIpc) is 3.11. The average molecular weight is 480 g/mol. The van der Waals surface area contributed by atoms with Crippen LogP contribution in [-0.2, 0) is 38.8 Å². The van der Waals surface area contributed by atoms with Crippen LogP contribution in [-0.4, -0.2) is 50.1 Å². The van der Waals surface area contributed by atoms with Crippen molar-refractivity contribution in [2.75, 3.05) is 24.2 Å². The fourth-order valence-electron chi connectivity index (χ4n) is 3.46. The number of hydrogen-bond acceptors (Lipinski definition) is 7. The molecular formula is C21H25N3O6S2. The van der Waals surface area contributed by atoms with E-state index in [0.29, 0.717) is 23.5 Å². The molecule has 0 fully saturated rings. The van der Waals surface area contributed by atoms with Crippen LogP contribution in [0.5, 0.6) is 0 Å². The van der Waals surface area contributed by atoms with Gasteiger partial charge in [0, 0.05) is 11.4 Å². The second kappa shape index (κ2) is 9.70. The highest BCUT2D eigenvalue weighted by Crippen LogP contribution is 2.37. The van der Waals surface area contributed by atoms with E-state index in [2.05, 4.69) is 5.32 Å². The molecule has 32 heavy (non-hydrogen) atoms. The van der Waals surface area contributed by atoms with Crippen molar-refractivity contribution in [2.45, 2.75) is 38.1 Å². The standard InChI is InChI=1S/C21H25N3O6S2/c1-3-30-21(27)24-10-9-15-16(12-24)31-20(18(15)19(22)26)23-17(25)11-13-5-7-14(8-6-13)32(28,29)4-2/h5-8H,3-4,9-12H2,1-2H3,(H2,22,26)(H,23,25). The molecule has 3 N–H and O–H groups in total. The summed E-state index contributed by atoms with van der Waals surface area (Å²) in [5, 5.41) is 3.10. The summed E-state index contributed by atoms with van der Waals surface area (Å²) in [6, 6.07) is 6.13. The molecule has 1 aromatic carbocycles. The van der Waals surface area contributed by atoms with Crippen LogP contribution in [0.3, 0.4) is 0 Å². The number of benzene rings is 1. The Morgan fingerprint density at radius 3 is 2.47 bits per heavy atom. The molecule has 0 saturated carbocycles. The Balaban J connectivity index is 1.75. The van der Waals surface area contributed by atoms with Gasteiger partial charge in [-0.05, 0) is 36.6 Å². The van der Waals surface area contributed by atoms with Crippen LogP contribution in [0.15, 0.2) is 29.2 Å². The van der Waals surface area contributed by atoms with Crippen molar-refractivity contribution in [3.8, 4) is 0 Å². The predicted octanol–water partition coefficient (Wildman–Crippen LogP) is 2.34. The normalized spacial score (nSPS) is 13.4. The molecule has 2 heterocycles. The van der Waals surface area contributed by atoms with Gasteiger partial charge in [-0.1, -0.05) is 19.1 Å². The Morgan fingerprint density at radius 2 is 1.88 bits per heavy atom. The van der Waals surface area contributed by atoms with Gasteiger partial charge < -0.3 is 20.7 Å². The van der Waals surface area contributed by atoms with Gasteiger partial charge in [0.25, 0.3) is 5.91 Å². The van der Waals surface area contributed by atoms with Crippen LogP contribution >= 0.6 is 11.3 Å². The first-order chi connectivity index (χ1) is 15.2. The maximum atomic E-state index is 12.6. The number of carbonyl (C=O) groups excluding carboxylic acids is 3. The van der Waals surface area contributed by atoms with Crippen LogP contribution in [0.2, 0.25) is 0 Å². The molecule has 3 rings (SSSR count). The number of fused-ring (bicyclic) bond motifs is 1. The number of nitrogens with zero attached hydrogens (tertiary/aromatic N) is 1. The van der Waals surface area contributed by atoms with Gasteiger partial charge in [0.05, 0.1) is 35.8 Å². The topological polar surface area (TPSA) is 136 Å². The number of carbonyl (C=O) groups is 3. The zero-order chi connectivity index (χ0) is 23.5. The first kappa shape index (κ1) is 23.7. The summed E-state index contributed by atoms with van der Waals surface area (Å²) in [4.78, 5) is 39.3. The number of ether oxygens (including phenoxy) is 1. The van der Waals surface area contributed by atoms with Gasteiger partial charge in [0.1, 0.15) is 5.00 Å². The lowest BCUT2D eigenvalue weighted by molar-refractivity contribution is -0.115. The zero-order valence-corrected chi connectivity index (χ0v) is 19.5. The van der Waals surface area contributed by atoms with E-state index in [-0.39, 0.29) is 41.7 Å². The molecule has 0 bridgehead atoms. The highest BCUT2D eigenvalue weighted by Gasteiger charge is 2.30. The molecule has 0 aliphatic carbocycles. The molecule has 11 heteroatoms. The SMILES string of the molecule is CCOC(=O)N1CCc2c(sc(NC(=O)Cc3ccc(S(=O)(=O)CC)cc3)c2C(N)=O)C1. The predicted molar refractivity (Wildman–Crippen MR) is 120 cm³/mol. The summed E-state index contributed by atoms with van der Waals surface area (Å²) in [6.07, 6.45) is 0.0141. The summed E-state index contributed by atoms with van der Waals surface area (Å²) in [5.41, 5.74) is 7.22. The molecular weight excluding hydrogens is 454 g/mol. The van der Waals surface area contributed by atoms with Crippen molar-refractivity contribution < 1.29 is 27.5 Å². The molecule has 172 valence electrons. The molecule has 2 aromatic rings. The summed E-state index contributed by atoms with van der Waals surface area (Å²) in [5.74, 6) is -1.00. The van der Waals surface area contributed by atoms with Crippen molar-refractivity contribution in [2.24, 2.45) is 5.73 Å². The number of amides is 3. The van der Waals surface area contributed by atoms with E-state index >= 15 is 0 Å². The number of thiophene rings is 1. The Morgan fingerprint density at radius 1 is 1.19 bits per heavy atom. The third kappa shape index (κ3) is 5.10. The van der Waals surface area contributed by atoms with E-state index in [0.717, 1.165) is 10.4 Å². The first-order valence-electron chi connectivity index (χ1n) is 10.1. The van der Waals surface area contributed by atoms with Crippen molar-refractivity contribution in [1.29, 1.82) is 0 Å². The summed E-state index contributed by atoms with van der Waals surface area (Å²) in [7, 11) is -3.31. The van der Waals surface area contributed by atoms with E-state index in [1.165, 1.54) is 23.5 Å². The Bertz CT molecular complexity index is 1140. The third-order valence-electron chi connectivity index (χ3n) is 5.11. The molecule has 0 saturated heterocycles. The van der Waals surface area contributed by atoms with Crippen molar-refractivity contribution >= 4 is 44.1 Å². The highest BCUT2D eigenvalue weighted by atomic mass is 32.2. The van der Waals surface area contributed by atoms with E-state index in [4.69, 9.17) is 10.5 Å². The van der Waals surface area contributed by atoms with Gasteiger partial charge >= 0.3 is 6.09 Å². The van der Waals surface area contributed by atoms with E-state index in [1.807, 2.05) is 0 Å². The fourth-order valence-corrected chi connectivity index (χ4v) is 5.63. The van der Waals surface area contributed by atoms with Gasteiger partial charge in [-0.15, -0.1) is 11.3 Å². The number of nitrogens with one attached hydrogen (secondary N) is 1. The maximum Gasteiger partial charge on any atom is 0.410 e. The lowest BCUT2D eigenvalue weighted by Crippen LogP contribution is -2.36. The molecule has 1 aliphatic heterocycles. The minimum absolute atomic E-state index is 0.000628. The number of hydrogen-bond donors (Lipinski definition) is 2.